The first-order chi connectivity index (χ1) is 8.40. The third-order valence-electron chi connectivity index (χ3n) is 1.78. The number of nitrogens with one attached hydrogen (secondary N) is 1. The molecule has 0 radical (unpaired) electrons. The molecule has 0 atom stereocenters. The van der Waals surface area contributed by atoms with Crippen LogP contribution in [0.4, 0.5) is 26.7 Å². The molecule has 0 heterocycles. The molecule has 0 saturated heterocycles. The maximum atomic E-state index is 13.1. The van der Waals surface area contributed by atoms with Crippen LogP contribution in [0.25, 0.3) is 0 Å². The van der Waals surface area contributed by atoms with Crippen LogP contribution in [0.15, 0.2) is 5.10 Å². The van der Waals surface area contributed by atoms with Crippen LogP contribution in [0.3, 0.4) is 0 Å². The molecule has 4 nitrogen and oxygen atoms in total. The van der Waals surface area contributed by atoms with Crippen molar-refractivity contribution >= 4 is 12.3 Å². The zero-order valence-electron chi connectivity index (χ0n) is 8.73. The Labute approximate surface area is 97.0 Å². The molecule has 0 spiro atoms. The Balaban J connectivity index is 3.14. The van der Waals surface area contributed by atoms with E-state index >= 15 is 0 Å². The van der Waals surface area contributed by atoms with Gasteiger partial charge in [0.2, 0.25) is 5.82 Å². The number of benzene rings is 1. The summed E-state index contributed by atoms with van der Waals surface area (Å²) in [5.41, 5.74) is 0.350. The second kappa shape index (κ2) is 5.43. The summed E-state index contributed by atoms with van der Waals surface area (Å²) >= 11 is 0. The molecular weight excluding hydrogens is 263 g/mol. The lowest BCUT2D eigenvalue weighted by Gasteiger charge is -2.03. The number of hydrogen-bond donors (Lipinski definition) is 1. The minimum atomic E-state index is -2.27. The molecule has 0 aromatic heterocycles. The van der Waals surface area contributed by atoms with Gasteiger partial charge in [0.1, 0.15) is 0 Å². The number of hydrogen-bond acceptors (Lipinski definition) is 3. The van der Waals surface area contributed by atoms with Crippen molar-refractivity contribution < 1.29 is 31.5 Å². The summed E-state index contributed by atoms with van der Waals surface area (Å²) in [4.78, 5) is 10.5. The Kier molecular flexibility index (Phi) is 4.18. The van der Waals surface area contributed by atoms with Gasteiger partial charge in [-0.25, -0.2) is 32.2 Å². The van der Waals surface area contributed by atoms with Crippen LogP contribution in [-0.2, 0) is 4.74 Å². The Hall–Kier alpha value is -2.19. The highest BCUT2D eigenvalue weighted by molar-refractivity contribution is 5.81. The van der Waals surface area contributed by atoms with E-state index in [1.165, 1.54) is 0 Å². The highest BCUT2D eigenvalue weighted by Gasteiger charge is 2.24. The first-order valence-electron chi connectivity index (χ1n) is 4.28. The lowest BCUT2D eigenvalue weighted by molar-refractivity contribution is 0.171. The molecule has 0 aliphatic heterocycles. The molecule has 1 amide bonds. The van der Waals surface area contributed by atoms with Gasteiger partial charge in [0.25, 0.3) is 0 Å². The van der Waals surface area contributed by atoms with Crippen LogP contribution in [0, 0.1) is 29.1 Å². The summed E-state index contributed by atoms with van der Waals surface area (Å²) in [6.07, 6.45) is -0.803. The average Bonchev–Trinajstić information content (AvgIpc) is 2.37. The maximum absolute atomic E-state index is 13.1. The van der Waals surface area contributed by atoms with Gasteiger partial charge in [0.05, 0.1) is 18.9 Å². The van der Waals surface area contributed by atoms with E-state index in [1.807, 2.05) is 0 Å². The fourth-order valence-electron chi connectivity index (χ4n) is 0.930. The van der Waals surface area contributed by atoms with Gasteiger partial charge in [-0.3, -0.25) is 0 Å². The monoisotopic (exact) mass is 268 g/mol. The predicted molar refractivity (Wildman–Crippen MR) is 49.4 cm³/mol. The fourth-order valence-corrected chi connectivity index (χ4v) is 0.930. The predicted octanol–water partition coefficient (Wildman–Crippen LogP) is 2.07. The molecule has 0 unspecified atom stereocenters. The highest BCUT2D eigenvalue weighted by Crippen LogP contribution is 2.21. The number of nitrogens with zero attached hydrogens (tertiary/aromatic N) is 1. The number of methoxy groups -OCH3 is 1. The van der Waals surface area contributed by atoms with Crippen LogP contribution >= 0.6 is 0 Å². The standard InChI is InChI=1S/C9H5F5N2O2/c1-18-9(17)16-15-2-3-4(10)6(12)8(14)7(13)5(3)11/h2H,1H3,(H,16,17). The van der Waals surface area contributed by atoms with Crippen molar-refractivity contribution in [2.24, 2.45) is 5.10 Å². The molecule has 0 fully saturated rings. The third-order valence-corrected chi connectivity index (χ3v) is 1.78. The molecule has 98 valence electrons. The highest BCUT2D eigenvalue weighted by atomic mass is 19.2. The van der Waals surface area contributed by atoms with E-state index in [0.717, 1.165) is 7.11 Å². The van der Waals surface area contributed by atoms with Gasteiger partial charge in [-0.2, -0.15) is 5.10 Å². The topological polar surface area (TPSA) is 50.7 Å². The van der Waals surface area contributed by atoms with Gasteiger partial charge >= 0.3 is 6.09 Å². The Morgan fingerprint density at radius 3 is 1.94 bits per heavy atom. The van der Waals surface area contributed by atoms with Gasteiger partial charge in [-0.1, -0.05) is 0 Å². The second-order valence-corrected chi connectivity index (χ2v) is 2.85. The molecule has 0 bridgehead atoms. The van der Waals surface area contributed by atoms with E-state index in [2.05, 4.69) is 9.84 Å². The van der Waals surface area contributed by atoms with Crippen LogP contribution in [0.5, 0.6) is 0 Å². The number of hydrazone groups is 1. The van der Waals surface area contributed by atoms with Crippen LogP contribution < -0.4 is 5.43 Å². The van der Waals surface area contributed by atoms with Crippen molar-refractivity contribution in [3.8, 4) is 0 Å². The van der Waals surface area contributed by atoms with E-state index in [1.54, 1.807) is 5.43 Å². The first kappa shape index (κ1) is 13.9. The molecule has 0 aliphatic carbocycles. The number of carbonyl (C=O) groups excluding carboxylic acids is 1. The van der Waals surface area contributed by atoms with Crippen molar-refractivity contribution in [3.05, 3.63) is 34.6 Å². The zero-order valence-corrected chi connectivity index (χ0v) is 8.73. The SMILES string of the molecule is COC(=O)NN=Cc1c(F)c(F)c(F)c(F)c1F. The zero-order chi connectivity index (χ0) is 13.9. The van der Waals surface area contributed by atoms with Crippen LogP contribution in [-0.4, -0.2) is 19.4 Å². The van der Waals surface area contributed by atoms with Gasteiger partial charge in [0.15, 0.2) is 23.3 Å². The third kappa shape index (κ3) is 2.55. The van der Waals surface area contributed by atoms with Crippen LogP contribution in [0.2, 0.25) is 0 Å². The Bertz CT molecular complexity index is 489. The fraction of sp³-hybridized carbons (Fsp3) is 0.111. The van der Waals surface area contributed by atoms with Gasteiger partial charge < -0.3 is 4.74 Å². The normalized spacial score (nSPS) is 10.8. The molecule has 0 aliphatic rings. The summed E-state index contributed by atoms with van der Waals surface area (Å²) in [7, 11) is 0.989. The smallest absolute Gasteiger partial charge is 0.427 e. The van der Waals surface area contributed by atoms with Crippen molar-refractivity contribution in [1.29, 1.82) is 0 Å². The lowest BCUT2D eigenvalue weighted by Crippen LogP contribution is -2.17. The number of ether oxygens (including phenoxy) is 1. The van der Waals surface area contributed by atoms with Crippen LogP contribution in [0.1, 0.15) is 5.56 Å². The van der Waals surface area contributed by atoms with Gasteiger partial charge in [-0.05, 0) is 0 Å². The van der Waals surface area contributed by atoms with Gasteiger partial charge in [-0.15, -0.1) is 0 Å². The summed E-state index contributed by atoms with van der Waals surface area (Å²) in [6, 6.07) is 0. The molecule has 1 aromatic carbocycles. The molecular formula is C9H5F5N2O2. The quantitative estimate of drug-likeness (QED) is 0.293. The molecule has 0 saturated carbocycles. The molecule has 1 N–H and O–H groups in total. The number of halogens is 5. The van der Waals surface area contributed by atoms with Crippen molar-refractivity contribution in [2.75, 3.05) is 7.11 Å². The lowest BCUT2D eigenvalue weighted by atomic mass is 10.2. The van der Waals surface area contributed by atoms with Crippen molar-refractivity contribution in [2.45, 2.75) is 0 Å². The minimum Gasteiger partial charge on any atom is -0.452 e. The van der Waals surface area contributed by atoms with E-state index in [9.17, 15) is 26.7 Å². The Morgan fingerprint density at radius 1 is 1.06 bits per heavy atom. The van der Waals surface area contributed by atoms with Gasteiger partial charge in [0, 0.05) is 0 Å². The summed E-state index contributed by atoms with van der Waals surface area (Å²) in [5, 5.41) is 2.96. The maximum Gasteiger partial charge on any atom is 0.427 e. The van der Waals surface area contributed by atoms with E-state index in [4.69, 9.17) is 0 Å². The minimum absolute atomic E-state index is 0.271. The molecule has 9 heteroatoms. The van der Waals surface area contributed by atoms with Crippen molar-refractivity contribution in [1.82, 2.24) is 5.43 Å². The number of carbonyl (C=O) groups is 1. The number of rotatable bonds is 2. The molecule has 1 aromatic rings. The van der Waals surface area contributed by atoms with E-state index in [0.29, 0.717) is 0 Å². The summed E-state index contributed by atoms with van der Waals surface area (Å²) < 4.78 is 68.2. The average molecular weight is 268 g/mol. The first-order valence-corrected chi connectivity index (χ1v) is 4.28. The van der Waals surface area contributed by atoms with E-state index < -0.39 is 40.7 Å². The molecule has 18 heavy (non-hydrogen) atoms. The Morgan fingerprint density at radius 2 is 1.50 bits per heavy atom. The summed E-state index contributed by atoms with van der Waals surface area (Å²) in [5.74, 6) is -10.6. The van der Waals surface area contributed by atoms with E-state index in [-0.39, 0.29) is 6.21 Å². The van der Waals surface area contributed by atoms with Crippen molar-refractivity contribution in [3.63, 3.8) is 0 Å². The number of amides is 1. The summed E-state index contributed by atoms with van der Waals surface area (Å²) in [6.45, 7) is 0. The largest absolute Gasteiger partial charge is 0.452 e. The second-order valence-electron chi connectivity index (χ2n) is 2.85. The molecule has 1 rings (SSSR count).